The maximum atomic E-state index is 11.6. The van der Waals surface area contributed by atoms with Crippen LogP contribution in [0.4, 0.5) is 10.5 Å². The molecule has 0 aliphatic carbocycles. The van der Waals surface area contributed by atoms with Gasteiger partial charge in [-0.2, -0.15) is 0 Å². The largest absolute Gasteiger partial charge is 0.514 e. The Kier molecular flexibility index (Phi) is 5.89. The van der Waals surface area contributed by atoms with Crippen molar-refractivity contribution in [3.63, 3.8) is 0 Å². The number of non-ortho nitro benzene ring substituents is 1. The van der Waals surface area contributed by atoms with E-state index in [1.165, 1.54) is 29.8 Å². The highest BCUT2D eigenvalue weighted by molar-refractivity contribution is 5.64. The smallest absolute Gasteiger partial charge is 0.429 e. The first-order valence-electron chi connectivity index (χ1n) is 7.67. The summed E-state index contributed by atoms with van der Waals surface area (Å²) in [6.07, 6.45) is 0.215. The van der Waals surface area contributed by atoms with Crippen LogP contribution >= 0.6 is 0 Å². The topological polar surface area (TPSA) is 78.7 Å². The molecule has 0 saturated heterocycles. The van der Waals surface area contributed by atoms with Crippen LogP contribution in [0.5, 0.6) is 5.75 Å². The minimum atomic E-state index is -0.852. The van der Waals surface area contributed by atoms with Gasteiger partial charge in [-0.15, -0.1) is 0 Å². The average molecular weight is 329 g/mol. The van der Waals surface area contributed by atoms with Gasteiger partial charge in [-0.1, -0.05) is 38.1 Å². The van der Waals surface area contributed by atoms with Crippen LogP contribution in [0.15, 0.2) is 48.5 Å². The van der Waals surface area contributed by atoms with Gasteiger partial charge in [-0.3, -0.25) is 10.1 Å². The first-order chi connectivity index (χ1) is 11.5. The second-order valence-electron chi connectivity index (χ2n) is 5.44. The molecule has 0 aromatic heterocycles. The highest BCUT2D eigenvalue weighted by Crippen LogP contribution is 2.20. The maximum Gasteiger partial charge on any atom is 0.514 e. The molecule has 0 aliphatic rings. The van der Waals surface area contributed by atoms with E-state index in [-0.39, 0.29) is 18.0 Å². The quantitative estimate of drug-likeness (QED) is 0.328. The van der Waals surface area contributed by atoms with E-state index in [9.17, 15) is 14.9 Å². The first kappa shape index (κ1) is 17.5. The van der Waals surface area contributed by atoms with Crippen LogP contribution in [0.2, 0.25) is 0 Å². The zero-order chi connectivity index (χ0) is 17.5. The molecule has 0 spiro atoms. The molecule has 126 valence electrons. The predicted octanol–water partition coefficient (Wildman–Crippen LogP) is 4.82. The highest BCUT2D eigenvalue weighted by Gasteiger charge is 2.10. The number of nitro benzene ring substituents is 1. The number of carbonyl (C=O) groups excluding carboxylic acids is 1. The maximum absolute atomic E-state index is 11.6. The SMILES string of the molecule is CC[C@H](C)c1ccc(COC(=O)Oc2ccc([N+](=O)[O-])cc2)cc1. The van der Waals surface area contributed by atoms with E-state index in [1.54, 1.807) is 0 Å². The molecule has 2 rings (SSSR count). The third kappa shape index (κ3) is 4.81. The number of nitro groups is 1. The lowest BCUT2D eigenvalue weighted by Crippen LogP contribution is -2.10. The Morgan fingerprint density at radius 2 is 1.75 bits per heavy atom. The number of nitrogens with zero attached hydrogens (tertiary/aromatic N) is 1. The van der Waals surface area contributed by atoms with Gasteiger partial charge in [-0.05, 0) is 35.6 Å². The van der Waals surface area contributed by atoms with E-state index in [2.05, 4.69) is 13.8 Å². The Hall–Kier alpha value is -2.89. The number of rotatable bonds is 6. The number of carbonyl (C=O) groups is 1. The van der Waals surface area contributed by atoms with Crippen LogP contribution in [0, 0.1) is 10.1 Å². The van der Waals surface area contributed by atoms with Crippen molar-refractivity contribution >= 4 is 11.8 Å². The molecule has 0 unspecified atom stereocenters. The molecule has 2 aromatic rings. The summed E-state index contributed by atoms with van der Waals surface area (Å²) in [6, 6.07) is 13.1. The fourth-order valence-corrected chi connectivity index (χ4v) is 2.08. The van der Waals surface area contributed by atoms with E-state index in [4.69, 9.17) is 9.47 Å². The molecule has 6 heteroatoms. The molecular formula is C18H19NO5. The van der Waals surface area contributed by atoms with Crippen LogP contribution < -0.4 is 4.74 Å². The van der Waals surface area contributed by atoms with Gasteiger partial charge in [0.05, 0.1) is 4.92 Å². The fourth-order valence-electron chi connectivity index (χ4n) is 2.08. The number of hydrogen-bond donors (Lipinski definition) is 0. The molecule has 0 saturated carbocycles. The fraction of sp³-hybridized carbons (Fsp3) is 0.278. The molecule has 0 bridgehead atoms. The van der Waals surface area contributed by atoms with Crippen molar-refractivity contribution in [1.29, 1.82) is 0 Å². The second kappa shape index (κ2) is 8.10. The summed E-state index contributed by atoms with van der Waals surface area (Å²) in [5.74, 6) is 0.685. The van der Waals surface area contributed by atoms with Gasteiger partial charge in [0.2, 0.25) is 0 Å². The highest BCUT2D eigenvalue weighted by atomic mass is 16.7. The first-order valence-corrected chi connectivity index (χ1v) is 7.67. The molecular weight excluding hydrogens is 310 g/mol. The zero-order valence-corrected chi connectivity index (χ0v) is 13.6. The van der Waals surface area contributed by atoms with E-state index in [0.717, 1.165) is 12.0 Å². The third-order valence-corrected chi connectivity index (χ3v) is 3.77. The molecule has 0 heterocycles. The van der Waals surface area contributed by atoms with Crippen molar-refractivity contribution in [1.82, 2.24) is 0 Å². The van der Waals surface area contributed by atoms with Gasteiger partial charge in [0.25, 0.3) is 5.69 Å². The van der Waals surface area contributed by atoms with Crippen LogP contribution in [0.3, 0.4) is 0 Å². The number of hydrogen-bond acceptors (Lipinski definition) is 5. The lowest BCUT2D eigenvalue weighted by atomic mass is 9.98. The van der Waals surface area contributed by atoms with Gasteiger partial charge < -0.3 is 9.47 Å². The molecule has 0 radical (unpaired) electrons. The average Bonchev–Trinajstić information content (AvgIpc) is 2.60. The molecule has 24 heavy (non-hydrogen) atoms. The van der Waals surface area contributed by atoms with Crippen LogP contribution in [0.1, 0.15) is 37.3 Å². The van der Waals surface area contributed by atoms with Gasteiger partial charge >= 0.3 is 6.16 Å². The summed E-state index contributed by atoms with van der Waals surface area (Å²) in [4.78, 5) is 21.7. The van der Waals surface area contributed by atoms with Crippen LogP contribution in [0.25, 0.3) is 0 Å². The van der Waals surface area contributed by atoms with E-state index in [1.807, 2.05) is 24.3 Å². The number of benzene rings is 2. The Labute approximate surface area is 140 Å². The molecule has 0 N–H and O–H groups in total. The summed E-state index contributed by atoms with van der Waals surface area (Å²) < 4.78 is 10.0. The Bertz CT molecular complexity index is 694. The molecule has 6 nitrogen and oxygen atoms in total. The van der Waals surface area contributed by atoms with Crippen molar-refractivity contribution in [2.45, 2.75) is 32.8 Å². The minimum absolute atomic E-state index is 0.0721. The minimum Gasteiger partial charge on any atom is -0.429 e. The van der Waals surface area contributed by atoms with E-state index in [0.29, 0.717) is 5.92 Å². The molecule has 2 aromatic carbocycles. The lowest BCUT2D eigenvalue weighted by molar-refractivity contribution is -0.384. The molecule has 1 atom stereocenters. The number of ether oxygens (including phenoxy) is 2. The van der Waals surface area contributed by atoms with Gasteiger partial charge in [0.1, 0.15) is 12.4 Å². The molecule has 0 amide bonds. The Morgan fingerprint density at radius 1 is 1.12 bits per heavy atom. The summed E-state index contributed by atoms with van der Waals surface area (Å²) in [5.41, 5.74) is 2.04. The van der Waals surface area contributed by atoms with Crippen molar-refractivity contribution in [3.05, 3.63) is 69.8 Å². The summed E-state index contributed by atoms with van der Waals surface area (Å²) in [6.45, 7) is 4.40. The third-order valence-electron chi connectivity index (χ3n) is 3.77. The Balaban J connectivity index is 1.85. The summed E-state index contributed by atoms with van der Waals surface area (Å²) in [5, 5.41) is 10.6. The summed E-state index contributed by atoms with van der Waals surface area (Å²) >= 11 is 0. The predicted molar refractivity (Wildman–Crippen MR) is 89.1 cm³/mol. The lowest BCUT2D eigenvalue weighted by Gasteiger charge is -2.10. The normalized spacial score (nSPS) is 11.6. The van der Waals surface area contributed by atoms with Crippen LogP contribution in [-0.2, 0) is 11.3 Å². The zero-order valence-electron chi connectivity index (χ0n) is 13.6. The van der Waals surface area contributed by atoms with Gasteiger partial charge in [-0.25, -0.2) is 4.79 Å². The van der Waals surface area contributed by atoms with Crippen molar-refractivity contribution < 1.29 is 19.2 Å². The van der Waals surface area contributed by atoms with E-state index >= 15 is 0 Å². The van der Waals surface area contributed by atoms with Gasteiger partial charge in [0.15, 0.2) is 0 Å². The van der Waals surface area contributed by atoms with Crippen molar-refractivity contribution in [2.75, 3.05) is 0 Å². The standard InChI is InChI=1S/C18H19NO5/c1-3-13(2)15-6-4-14(5-7-15)12-23-18(20)24-17-10-8-16(9-11-17)19(21)22/h4-11,13H,3,12H2,1-2H3/t13-/m0/s1. The second-order valence-corrected chi connectivity index (χ2v) is 5.44. The van der Waals surface area contributed by atoms with E-state index < -0.39 is 11.1 Å². The van der Waals surface area contributed by atoms with Crippen molar-refractivity contribution in [3.8, 4) is 5.75 Å². The van der Waals surface area contributed by atoms with Gasteiger partial charge in [0, 0.05) is 12.1 Å². The van der Waals surface area contributed by atoms with Crippen molar-refractivity contribution in [2.24, 2.45) is 0 Å². The summed E-state index contributed by atoms with van der Waals surface area (Å²) in [7, 11) is 0. The monoisotopic (exact) mass is 329 g/mol. The molecule has 0 aliphatic heterocycles. The molecule has 0 fully saturated rings. The van der Waals surface area contributed by atoms with Crippen LogP contribution in [-0.4, -0.2) is 11.1 Å². The Morgan fingerprint density at radius 3 is 2.29 bits per heavy atom.